The Morgan fingerprint density at radius 2 is 1.73 bits per heavy atom. The SMILES string of the molecule is C[C@@H]1Cc2ccccc2N1S(=O)(=O)c1ccc(F)c(F)c1F. The van der Waals surface area contributed by atoms with Crippen molar-refractivity contribution >= 4 is 15.7 Å². The van der Waals surface area contributed by atoms with Crippen molar-refractivity contribution in [2.45, 2.75) is 24.3 Å². The molecule has 7 heteroatoms. The van der Waals surface area contributed by atoms with E-state index in [4.69, 9.17) is 0 Å². The molecule has 1 atom stereocenters. The fraction of sp³-hybridized carbons (Fsp3) is 0.200. The van der Waals surface area contributed by atoms with Gasteiger partial charge in [-0.3, -0.25) is 4.31 Å². The molecule has 116 valence electrons. The number of sulfonamides is 1. The van der Waals surface area contributed by atoms with E-state index in [2.05, 4.69) is 0 Å². The molecular weight excluding hydrogens is 315 g/mol. The molecule has 3 nitrogen and oxygen atoms in total. The quantitative estimate of drug-likeness (QED) is 0.794. The van der Waals surface area contributed by atoms with Crippen LogP contribution < -0.4 is 4.31 Å². The average molecular weight is 327 g/mol. The summed E-state index contributed by atoms with van der Waals surface area (Å²) < 4.78 is 66.7. The molecule has 0 aromatic heterocycles. The summed E-state index contributed by atoms with van der Waals surface area (Å²) in [5.74, 6) is -4.91. The third kappa shape index (κ3) is 2.08. The summed E-state index contributed by atoms with van der Waals surface area (Å²) in [4.78, 5) is -0.866. The zero-order valence-electron chi connectivity index (χ0n) is 11.6. The minimum atomic E-state index is -4.32. The highest BCUT2D eigenvalue weighted by molar-refractivity contribution is 7.92. The first-order valence-corrected chi connectivity index (χ1v) is 8.04. The molecule has 0 unspecified atom stereocenters. The van der Waals surface area contributed by atoms with Crippen LogP contribution in [0.25, 0.3) is 0 Å². The monoisotopic (exact) mass is 327 g/mol. The number of fused-ring (bicyclic) bond motifs is 1. The first-order valence-electron chi connectivity index (χ1n) is 6.60. The molecule has 1 aliphatic rings. The van der Waals surface area contributed by atoms with Gasteiger partial charge in [-0.25, -0.2) is 21.6 Å². The standard InChI is InChI=1S/C15H12F3NO2S/c1-9-8-10-4-2-3-5-12(10)19(9)22(20,21)13-7-6-11(16)14(17)15(13)18/h2-7,9H,8H2,1H3/t9-/m1/s1. The van der Waals surface area contributed by atoms with E-state index in [-0.39, 0.29) is 0 Å². The van der Waals surface area contributed by atoms with Crippen LogP contribution in [0, 0.1) is 17.5 Å². The van der Waals surface area contributed by atoms with Crippen LogP contribution in [0.3, 0.4) is 0 Å². The molecule has 2 aromatic carbocycles. The van der Waals surface area contributed by atoms with Crippen LogP contribution in [0.15, 0.2) is 41.3 Å². The Morgan fingerprint density at radius 3 is 2.45 bits per heavy atom. The molecule has 0 radical (unpaired) electrons. The fourth-order valence-electron chi connectivity index (χ4n) is 2.72. The molecule has 22 heavy (non-hydrogen) atoms. The molecule has 0 saturated heterocycles. The van der Waals surface area contributed by atoms with Crippen LogP contribution in [0.2, 0.25) is 0 Å². The molecule has 1 aliphatic heterocycles. The van der Waals surface area contributed by atoms with Gasteiger partial charge in [0.05, 0.1) is 5.69 Å². The minimum absolute atomic E-state index is 0.430. The van der Waals surface area contributed by atoms with E-state index in [1.165, 1.54) is 0 Å². The van der Waals surface area contributed by atoms with E-state index < -0.39 is 38.4 Å². The lowest BCUT2D eigenvalue weighted by Crippen LogP contribution is -2.36. The van der Waals surface area contributed by atoms with Crippen LogP contribution in [0.1, 0.15) is 12.5 Å². The van der Waals surface area contributed by atoms with Crippen molar-refractivity contribution in [2.75, 3.05) is 4.31 Å². The maximum Gasteiger partial charge on any atom is 0.267 e. The average Bonchev–Trinajstić information content (AvgIpc) is 2.80. The molecule has 0 spiro atoms. The summed E-state index contributed by atoms with van der Waals surface area (Å²) in [6.07, 6.45) is 0.473. The van der Waals surface area contributed by atoms with Gasteiger partial charge in [-0.1, -0.05) is 18.2 Å². The number of nitrogens with zero attached hydrogens (tertiary/aromatic N) is 1. The molecule has 0 aliphatic carbocycles. The number of hydrogen-bond acceptors (Lipinski definition) is 2. The molecule has 0 fully saturated rings. The summed E-state index contributed by atoms with van der Waals surface area (Å²) in [6, 6.07) is 7.75. The Morgan fingerprint density at radius 1 is 1.05 bits per heavy atom. The largest absolute Gasteiger partial charge is 0.267 e. The Balaban J connectivity index is 2.18. The molecule has 0 saturated carbocycles. The van der Waals surface area contributed by atoms with Gasteiger partial charge in [-0.05, 0) is 37.1 Å². The lowest BCUT2D eigenvalue weighted by molar-refractivity contribution is 0.432. The maximum atomic E-state index is 13.9. The Hall–Kier alpha value is -2.02. The smallest absolute Gasteiger partial charge is 0.263 e. The van der Waals surface area contributed by atoms with E-state index in [0.29, 0.717) is 18.2 Å². The van der Waals surface area contributed by atoms with Crippen LogP contribution in [0.5, 0.6) is 0 Å². The molecular formula is C15H12F3NO2S. The van der Waals surface area contributed by atoms with Crippen molar-refractivity contribution in [1.29, 1.82) is 0 Å². The van der Waals surface area contributed by atoms with Gasteiger partial charge >= 0.3 is 0 Å². The highest BCUT2D eigenvalue weighted by Gasteiger charge is 2.38. The van der Waals surface area contributed by atoms with Gasteiger partial charge in [0.1, 0.15) is 4.90 Å². The predicted octanol–water partition coefficient (Wildman–Crippen LogP) is 3.24. The van der Waals surface area contributed by atoms with Crippen LogP contribution in [0.4, 0.5) is 18.9 Å². The van der Waals surface area contributed by atoms with E-state index in [9.17, 15) is 21.6 Å². The highest BCUT2D eigenvalue weighted by atomic mass is 32.2. The molecule has 0 bridgehead atoms. The van der Waals surface area contributed by atoms with Crippen molar-refractivity contribution in [3.8, 4) is 0 Å². The van der Waals surface area contributed by atoms with E-state index in [1.54, 1.807) is 31.2 Å². The Labute approximate surface area is 126 Å². The number of benzene rings is 2. The van der Waals surface area contributed by atoms with Crippen molar-refractivity contribution in [3.63, 3.8) is 0 Å². The van der Waals surface area contributed by atoms with Crippen molar-refractivity contribution in [3.05, 3.63) is 59.4 Å². The lowest BCUT2D eigenvalue weighted by Gasteiger charge is -2.24. The number of anilines is 1. The maximum absolute atomic E-state index is 13.9. The molecule has 0 N–H and O–H groups in total. The first kappa shape index (κ1) is 14.9. The zero-order chi connectivity index (χ0) is 16.1. The number of rotatable bonds is 2. The van der Waals surface area contributed by atoms with Gasteiger partial charge in [-0.15, -0.1) is 0 Å². The second-order valence-electron chi connectivity index (χ2n) is 5.16. The Kier molecular flexibility index (Phi) is 3.40. The van der Waals surface area contributed by atoms with Crippen LogP contribution >= 0.6 is 0 Å². The van der Waals surface area contributed by atoms with E-state index in [1.807, 2.05) is 0 Å². The number of para-hydroxylation sites is 1. The normalized spacial score (nSPS) is 17.6. The van der Waals surface area contributed by atoms with Crippen molar-refractivity contribution in [2.24, 2.45) is 0 Å². The highest BCUT2D eigenvalue weighted by Crippen LogP contribution is 2.37. The molecule has 0 amide bonds. The second kappa shape index (κ2) is 5.01. The van der Waals surface area contributed by atoms with Gasteiger partial charge in [0, 0.05) is 6.04 Å². The van der Waals surface area contributed by atoms with E-state index in [0.717, 1.165) is 15.9 Å². The van der Waals surface area contributed by atoms with Gasteiger partial charge in [0.15, 0.2) is 17.5 Å². The summed E-state index contributed by atoms with van der Waals surface area (Å²) in [5, 5.41) is 0. The number of hydrogen-bond donors (Lipinski definition) is 0. The third-order valence-electron chi connectivity index (χ3n) is 3.68. The fourth-order valence-corrected chi connectivity index (χ4v) is 4.47. The Bertz CT molecular complexity index is 852. The predicted molar refractivity (Wildman–Crippen MR) is 75.6 cm³/mol. The second-order valence-corrected chi connectivity index (χ2v) is 6.94. The molecule has 3 rings (SSSR count). The van der Waals surface area contributed by atoms with Crippen LogP contribution in [-0.2, 0) is 16.4 Å². The zero-order valence-corrected chi connectivity index (χ0v) is 12.4. The first-order chi connectivity index (χ1) is 10.3. The minimum Gasteiger partial charge on any atom is -0.263 e. The van der Waals surface area contributed by atoms with Crippen molar-refractivity contribution in [1.82, 2.24) is 0 Å². The number of halogens is 3. The van der Waals surface area contributed by atoms with Gasteiger partial charge < -0.3 is 0 Å². The van der Waals surface area contributed by atoms with Crippen molar-refractivity contribution < 1.29 is 21.6 Å². The van der Waals surface area contributed by atoms with Gasteiger partial charge in [0.2, 0.25) is 0 Å². The van der Waals surface area contributed by atoms with Gasteiger partial charge in [-0.2, -0.15) is 0 Å². The summed E-state index contributed by atoms with van der Waals surface area (Å²) >= 11 is 0. The lowest BCUT2D eigenvalue weighted by atomic mass is 10.1. The third-order valence-corrected chi connectivity index (χ3v) is 5.63. The van der Waals surface area contributed by atoms with Crippen LogP contribution in [-0.4, -0.2) is 14.5 Å². The van der Waals surface area contributed by atoms with E-state index >= 15 is 0 Å². The molecule has 1 heterocycles. The summed E-state index contributed by atoms with van der Waals surface area (Å²) in [5.41, 5.74) is 1.24. The summed E-state index contributed by atoms with van der Waals surface area (Å²) in [6.45, 7) is 1.68. The summed E-state index contributed by atoms with van der Waals surface area (Å²) in [7, 11) is -4.32. The topological polar surface area (TPSA) is 37.4 Å². The molecule has 2 aromatic rings. The van der Waals surface area contributed by atoms with Gasteiger partial charge in [0.25, 0.3) is 10.0 Å².